The normalized spacial score (nSPS) is 22.8. The first-order chi connectivity index (χ1) is 14.7. The first-order valence-corrected chi connectivity index (χ1v) is 10.2. The number of nitrogens with zero attached hydrogens (tertiary/aromatic N) is 4. The van der Waals surface area contributed by atoms with Crippen LogP contribution in [0.1, 0.15) is 34.2 Å². The lowest BCUT2D eigenvalue weighted by Crippen LogP contribution is -2.34. The summed E-state index contributed by atoms with van der Waals surface area (Å²) in [6, 6.07) is 5.65. The van der Waals surface area contributed by atoms with Gasteiger partial charge in [0.1, 0.15) is 0 Å². The molecule has 3 aliphatic rings. The van der Waals surface area contributed by atoms with Gasteiger partial charge in [0.05, 0.1) is 24.3 Å². The number of carbonyl (C=O) groups is 2. The Morgan fingerprint density at radius 2 is 1.71 bits per heavy atom. The van der Waals surface area contributed by atoms with Crippen molar-refractivity contribution >= 4 is 17.5 Å². The third-order valence-electron chi connectivity index (χ3n) is 6.62. The Labute approximate surface area is 176 Å². The summed E-state index contributed by atoms with van der Waals surface area (Å²) in [4.78, 5) is 29.9. The Morgan fingerprint density at radius 1 is 1.03 bits per heavy atom. The van der Waals surface area contributed by atoms with Crippen LogP contribution in [0.15, 0.2) is 24.3 Å². The van der Waals surface area contributed by atoms with Gasteiger partial charge < -0.3 is 14.7 Å². The maximum absolute atomic E-state index is 13.4. The van der Waals surface area contributed by atoms with Gasteiger partial charge in [-0.25, -0.2) is 0 Å². The van der Waals surface area contributed by atoms with E-state index in [9.17, 15) is 22.8 Å². The summed E-state index contributed by atoms with van der Waals surface area (Å²) in [6.07, 6.45) is -4.40. The fraction of sp³-hybridized carbons (Fsp3) is 0.476. The van der Waals surface area contributed by atoms with Crippen molar-refractivity contribution in [1.29, 1.82) is 0 Å². The number of aromatic nitrogens is 2. The quantitative estimate of drug-likeness (QED) is 0.790. The maximum atomic E-state index is 13.4. The molecule has 2 saturated heterocycles. The minimum atomic E-state index is -4.40. The second kappa shape index (κ2) is 7.00. The van der Waals surface area contributed by atoms with E-state index in [-0.39, 0.29) is 29.3 Å². The predicted molar refractivity (Wildman–Crippen MR) is 105 cm³/mol. The molecule has 3 aliphatic heterocycles. The van der Waals surface area contributed by atoms with Crippen molar-refractivity contribution in [2.45, 2.75) is 26.2 Å². The molecule has 164 valence electrons. The molecule has 1 aromatic carbocycles. The first kappa shape index (κ1) is 19.9. The van der Waals surface area contributed by atoms with Crippen molar-refractivity contribution in [3.63, 3.8) is 0 Å². The number of rotatable bonds is 2. The SMILES string of the molecule is CC(=O)N1Cc2[nH]nc(C(=O)N3C[C@@H]4CN(c5ccccc5C(F)(F)F)C[C@@H]4C3)c2C1. The average Bonchev–Trinajstić information content (AvgIpc) is 3.45. The van der Waals surface area contributed by atoms with Gasteiger partial charge in [0.2, 0.25) is 5.91 Å². The molecule has 1 N–H and O–H groups in total. The fourth-order valence-electron chi connectivity index (χ4n) is 5.03. The molecule has 7 nitrogen and oxygen atoms in total. The Bertz CT molecular complexity index is 1040. The number of amides is 2. The lowest BCUT2D eigenvalue weighted by molar-refractivity contribution is -0.137. The van der Waals surface area contributed by atoms with Crippen molar-refractivity contribution in [3.05, 3.63) is 46.8 Å². The summed E-state index contributed by atoms with van der Waals surface area (Å²) in [5.41, 5.74) is 1.48. The zero-order chi connectivity index (χ0) is 21.9. The molecule has 10 heteroatoms. The standard InChI is InChI=1S/C21H22F3N5O2/c1-12(30)27-10-15-17(11-27)25-26-19(15)20(31)29-8-13-6-28(7-14(13)9-29)18-5-3-2-4-16(18)21(22,23)24/h2-5,13-14H,6-11H2,1H3,(H,25,26)/t13-,14+. The van der Waals surface area contributed by atoms with Crippen LogP contribution >= 0.6 is 0 Å². The van der Waals surface area contributed by atoms with Crippen LogP contribution in [-0.4, -0.2) is 58.0 Å². The van der Waals surface area contributed by atoms with E-state index in [2.05, 4.69) is 10.2 Å². The molecule has 1 aromatic heterocycles. The highest BCUT2D eigenvalue weighted by atomic mass is 19.4. The number of aromatic amines is 1. The minimum Gasteiger partial charge on any atom is -0.370 e. The lowest BCUT2D eigenvalue weighted by Gasteiger charge is -2.25. The van der Waals surface area contributed by atoms with E-state index < -0.39 is 11.7 Å². The van der Waals surface area contributed by atoms with E-state index >= 15 is 0 Å². The van der Waals surface area contributed by atoms with Crippen LogP contribution in [0.4, 0.5) is 18.9 Å². The number of nitrogens with one attached hydrogen (secondary N) is 1. The number of para-hydroxylation sites is 1. The highest BCUT2D eigenvalue weighted by Crippen LogP contribution is 2.41. The highest BCUT2D eigenvalue weighted by molar-refractivity contribution is 5.94. The summed E-state index contributed by atoms with van der Waals surface area (Å²) in [5, 5.41) is 7.05. The minimum absolute atomic E-state index is 0.0575. The molecule has 0 spiro atoms. The Hall–Kier alpha value is -3.04. The molecule has 0 bridgehead atoms. The molecule has 5 rings (SSSR count). The van der Waals surface area contributed by atoms with Crippen molar-refractivity contribution < 1.29 is 22.8 Å². The smallest absolute Gasteiger partial charge is 0.370 e. The number of hydrogen-bond donors (Lipinski definition) is 1. The molecule has 0 aliphatic carbocycles. The predicted octanol–water partition coefficient (Wildman–Crippen LogP) is 2.50. The number of anilines is 1. The van der Waals surface area contributed by atoms with Crippen molar-refractivity contribution in [3.8, 4) is 0 Å². The molecule has 0 unspecified atom stereocenters. The van der Waals surface area contributed by atoms with Gasteiger partial charge in [0.25, 0.3) is 5.91 Å². The lowest BCUT2D eigenvalue weighted by atomic mass is 10.0. The molecule has 2 amide bonds. The number of H-pyrrole nitrogens is 1. The Morgan fingerprint density at radius 3 is 2.35 bits per heavy atom. The molecular weight excluding hydrogens is 411 g/mol. The topological polar surface area (TPSA) is 72.5 Å². The van der Waals surface area contributed by atoms with Crippen LogP contribution in [0, 0.1) is 11.8 Å². The van der Waals surface area contributed by atoms with Crippen molar-refractivity contribution in [2.75, 3.05) is 31.1 Å². The van der Waals surface area contributed by atoms with E-state index in [1.165, 1.54) is 19.1 Å². The fourth-order valence-corrected chi connectivity index (χ4v) is 5.03. The second-order valence-electron chi connectivity index (χ2n) is 8.55. The summed E-state index contributed by atoms with van der Waals surface area (Å²) < 4.78 is 40.2. The van der Waals surface area contributed by atoms with Gasteiger partial charge in [0, 0.05) is 56.2 Å². The van der Waals surface area contributed by atoms with E-state index in [4.69, 9.17) is 0 Å². The van der Waals surface area contributed by atoms with Crippen molar-refractivity contribution in [2.24, 2.45) is 11.8 Å². The van der Waals surface area contributed by atoms with Crippen LogP contribution in [0.5, 0.6) is 0 Å². The number of hydrogen-bond acceptors (Lipinski definition) is 4. The number of fused-ring (bicyclic) bond motifs is 2. The third-order valence-corrected chi connectivity index (χ3v) is 6.62. The molecule has 31 heavy (non-hydrogen) atoms. The van der Waals surface area contributed by atoms with Crippen molar-refractivity contribution in [1.82, 2.24) is 20.0 Å². The second-order valence-corrected chi connectivity index (χ2v) is 8.55. The van der Waals surface area contributed by atoms with Gasteiger partial charge in [-0.2, -0.15) is 18.3 Å². The zero-order valence-electron chi connectivity index (χ0n) is 16.9. The van der Waals surface area contributed by atoms with E-state index in [1.54, 1.807) is 20.8 Å². The molecular formula is C21H22F3N5O2. The third kappa shape index (κ3) is 3.34. The Kier molecular flexibility index (Phi) is 4.49. The summed E-state index contributed by atoms with van der Waals surface area (Å²) in [6.45, 7) is 4.23. The van der Waals surface area contributed by atoms with Crippen LogP contribution < -0.4 is 4.90 Å². The van der Waals surface area contributed by atoms with Gasteiger partial charge in [0.15, 0.2) is 5.69 Å². The summed E-state index contributed by atoms with van der Waals surface area (Å²) >= 11 is 0. The molecule has 0 radical (unpaired) electrons. The molecule has 2 fully saturated rings. The van der Waals surface area contributed by atoms with Crippen LogP contribution in [-0.2, 0) is 24.1 Å². The van der Waals surface area contributed by atoms with Gasteiger partial charge in [-0.3, -0.25) is 14.7 Å². The number of carbonyl (C=O) groups excluding carboxylic acids is 2. The maximum Gasteiger partial charge on any atom is 0.418 e. The summed E-state index contributed by atoms with van der Waals surface area (Å²) in [7, 11) is 0. The van der Waals surface area contributed by atoms with Crippen LogP contribution in [0.25, 0.3) is 0 Å². The number of halogens is 3. The van der Waals surface area contributed by atoms with E-state index in [0.717, 1.165) is 17.3 Å². The molecule has 2 aromatic rings. The number of alkyl halides is 3. The summed E-state index contributed by atoms with van der Waals surface area (Å²) in [5.74, 6) is -0.00521. The van der Waals surface area contributed by atoms with E-state index in [1.807, 2.05) is 0 Å². The molecule has 4 heterocycles. The van der Waals surface area contributed by atoms with Gasteiger partial charge in [-0.05, 0) is 12.1 Å². The van der Waals surface area contributed by atoms with Gasteiger partial charge in [-0.15, -0.1) is 0 Å². The van der Waals surface area contributed by atoms with Crippen LogP contribution in [0.3, 0.4) is 0 Å². The van der Waals surface area contributed by atoms with Gasteiger partial charge >= 0.3 is 6.18 Å². The highest BCUT2D eigenvalue weighted by Gasteiger charge is 2.45. The zero-order valence-corrected chi connectivity index (χ0v) is 16.9. The van der Waals surface area contributed by atoms with E-state index in [0.29, 0.717) is 45.0 Å². The van der Waals surface area contributed by atoms with Gasteiger partial charge in [-0.1, -0.05) is 12.1 Å². The first-order valence-electron chi connectivity index (χ1n) is 10.2. The molecule has 0 saturated carbocycles. The monoisotopic (exact) mass is 433 g/mol. The number of likely N-dealkylation sites (tertiary alicyclic amines) is 1. The van der Waals surface area contributed by atoms with Crippen LogP contribution in [0.2, 0.25) is 0 Å². The number of benzene rings is 1. The largest absolute Gasteiger partial charge is 0.418 e. The average molecular weight is 433 g/mol. The Balaban J connectivity index is 1.28. The molecule has 2 atom stereocenters.